The Labute approximate surface area is 191 Å². The van der Waals surface area contributed by atoms with Gasteiger partial charge in [0.25, 0.3) is 0 Å². The fourth-order valence-corrected chi connectivity index (χ4v) is 3.92. The molecule has 164 valence electrons. The molecule has 1 atom stereocenters. The van der Waals surface area contributed by atoms with Crippen molar-refractivity contribution in [3.05, 3.63) is 89.3 Å². The number of rotatable bonds is 8. The molecule has 7 heteroatoms. The minimum atomic E-state index is -0.987. The van der Waals surface area contributed by atoms with E-state index in [2.05, 4.69) is 10.1 Å². The molecule has 0 saturated carbocycles. The molecule has 0 amide bonds. The lowest BCUT2D eigenvalue weighted by atomic mass is 9.80. The van der Waals surface area contributed by atoms with Gasteiger partial charge in [-0.05, 0) is 42.7 Å². The van der Waals surface area contributed by atoms with Crippen LogP contribution < -0.4 is 0 Å². The van der Waals surface area contributed by atoms with E-state index in [0.29, 0.717) is 29.4 Å². The zero-order valence-corrected chi connectivity index (χ0v) is 18.7. The van der Waals surface area contributed by atoms with Crippen molar-refractivity contribution in [3.8, 4) is 11.1 Å². The SMILES string of the molecule is COCCOC(=O)C(C)(Cc1ccccc1)c1ccnc2c(-c3ccc(Cl)cc3)cnn12. The lowest BCUT2D eigenvalue weighted by molar-refractivity contribution is -0.151. The molecule has 6 nitrogen and oxygen atoms in total. The van der Waals surface area contributed by atoms with E-state index in [9.17, 15) is 4.79 Å². The lowest BCUT2D eigenvalue weighted by Gasteiger charge is -2.28. The van der Waals surface area contributed by atoms with Crippen molar-refractivity contribution in [3.63, 3.8) is 0 Å². The molecule has 0 aliphatic rings. The molecule has 0 aliphatic heterocycles. The molecule has 0 N–H and O–H groups in total. The van der Waals surface area contributed by atoms with E-state index in [-0.39, 0.29) is 12.6 Å². The van der Waals surface area contributed by atoms with E-state index in [4.69, 9.17) is 21.1 Å². The molecule has 2 aromatic heterocycles. The van der Waals surface area contributed by atoms with Gasteiger partial charge < -0.3 is 9.47 Å². The lowest BCUT2D eigenvalue weighted by Crippen LogP contribution is -2.39. The topological polar surface area (TPSA) is 65.7 Å². The number of fused-ring (bicyclic) bond motifs is 1. The molecule has 2 aromatic carbocycles. The highest BCUT2D eigenvalue weighted by Crippen LogP contribution is 2.32. The maximum absolute atomic E-state index is 13.3. The zero-order chi connectivity index (χ0) is 22.6. The molecular weight excluding hydrogens is 426 g/mol. The Kier molecular flexibility index (Phi) is 6.53. The van der Waals surface area contributed by atoms with Gasteiger partial charge in [-0.1, -0.05) is 54.1 Å². The van der Waals surface area contributed by atoms with Gasteiger partial charge in [-0.3, -0.25) is 4.79 Å². The Balaban J connectivity index is 1.80. The molecule has 0 aliphatic carbocycles. The number of esters is 1. The Bertz CT molecular complexity index is 1210. The molecule has 0 saturated heterocycles. The van der Waals surface area contributed by atoms with Crippen molar-refractivity contribution in [2.45, 2.75) is 18.8 Å². The predicted molar refractivity (Wildman–Crippen MR) is 124 cm³/mol. The van der Waals surface area contributed by atoms with Crippen LogP contribution in [0.2, 0.25) is 5.02 Å². The summed E-state index contributed by atoms with van der Waals surface area (Å²) in [6.45, 7) is 2.40. The molecule has 0 spiro atoms. The number of hydrogen-bond donors (Lipinski definition) is 0. The molecule has 2 heterocycles. The smallest absolute Gasteiger partial charge is 0.318 e. The number of carbonyl (C=O) groups excluding carboxylic acids is 1. The van der Waals surface area contributed by atoms with Crippen molar-refractivity contribution in [1.82, 2.24) is 14.6 Å². The van der Waals surface area contributed by atoms with Gasteiger partial charge in [0.1, 0.15) is 12.0 Å². The summed E-state index contributed by atoms with van der Waals surface area (Å²) in [5.74, 6) is -0.338. The van der Waals surface area contributed by atoms with Crippen molar-refractivity contribution in [2.75, 3.05) is 20.3 Å². The third-order valence-corrected chi connectivity index (χ3v) is 5.75. The Morgan fingerprint density at radius 3 is 2.53 bits per heavy atom. The van der Waals surface area contributed by atoms with E-state index in [1.54, 1.807) is 24.0 Å². The summed E-state index contributed by atoms with van der Waals surface area (Å²) < 4.78 is 12.4. The number of aromatic nitrogens is 3. The summed E-state index contributed by atoms with van der Waals surface area (Å²) in [5.41, 5.74) is 3.20. The number of hydrogen-bond acceptors (Lipinski definition) is 5. The third kappa shape index (κ3) is 4.38. The first kappa shape index (κ1) is 22.0. The number of carbonyl (C=O) groups is 1. The van der Waals surface area contributed by atoms with Crippen LogP contribution in [0, 0.1) is 0 Å². The summed E-state index contributed by atoms with van der Waals surface area (Å²) >= 11 is 6.04. The molecule has 1 unspecified atom stereocenters. The van der Waals surface area contributed by atoms with Gasteiger partial charge in [-0.2, -0.15) is 5.10 Å². The summed E-state index contributed by atoms with van der Waals surface area (Å²) in [7, 11) is 1.57. The molecule has 0 fully saturated rings. The van der Waals surface area contributed by atoms with Crippen LogP contribution in [0.1, 0.15) is 18.2 Å². The molecule has 4 rings (SSSR count). The van der Waals surface area contributed by atoms with E-state index in [1.165, 1.54) is 0 Å². The Hall–Kier alpha value is -3.22. The first-order valence-electron chi connectivity index (χ1n) is 10.3. The molecule has 0 bridgehead atoms. The number of halogens is 1. The quantitative estimate of drug-likeness (QED) is 0.287. The van der Waals surface area contributed by atoms with Crippen LogP contribution in [-0.2, 0) is 26.1 Å². The van der Waals surface area contributed by atoms with E-state index >= 15 is 0 Å². The standard InChI is InChI=1S/C25H24ClN3O3/c1-25(24(30)32-15-14-31-2,16-18-6-4-3-5-7-18)22-12-13-27-23-21(17-28-29(22)23)19-8-10-20(26)11-9-19/h3-13,17H,14-16H2,1-2H3. The van der Waals surface area contributed by atoms with Crippen molar-refractivity contribution >= 4 is 23.2 Å². The van der Waals surface area contributed by atoms with Crippen LogP contribution in [0.25, 0.3) is 16.8 Å². The summed E-state index contributed by atoms with van der Waals surface area (Å²) in [6.07, 6.45) is 3.92. The average Bonchev–Trinajstić information content (AvgIpc) is 3.24. The average molecular weight is 450 g/mol. The second-order valence-corrected chi connectivity index (χ2v) is 8.19. The maximum atomic E-state index is 13.3. The van der Waals surface area contributed by atoms with Crippen LogP contribution in [0.3, 0.4) is 0 Å². The zero-order valence-electron chi connectivity index (χ0n) is 18.0. The highest BCUT2D eigenvalue weighted by atomic mass is 35.5. The fraction of sp³-hybridized carbons (Fsp3) is 0.240. The van der Waals surface area contributed by atoms with Crippen LogP contribution in [0.4, 0.5) is 0 Å². The Morgan fingerprint density at radius 1 is 1.06 bits per heavy atom. The number of ether oxygens (including phenoxy) is 2. The van der Waals surface area contributed by atoms with Gasteiger partial charge in [-0.15, -0.1) is 0 Å². The van der Waals surface area contributed by atoms with Crippen molar-refractivity contribution in [2.24, 2.45) is 0 Å². The normalized spacial score (nSPS) is 13.1. The molecule has 32 heavy (non-hydrogen) atoms. The summed E-state index contributed by atoms with van der Waals surface area (Å²) in [4.78, 5) is 17.9. The maximum Gasteiger partial charge on any atom is 0.318 e. The van der Waals surface area contributed by atoms with Gasteiger partial charge in [-0.25, -0.2) is 9.50 Å². The number of methoxy groups -OCH3 is 1. The minimum Gasteiger partial charge on any atom is -0.463 e. The van der Waals surface area contributed by atoms with Gasteiger partial charge in [0.2, 0.25) is 0 Å². The molecule has 4 aromatic rings. The Morgan fingerprint density at radius 2 is 1.81 bits per heavy atom. The van der Waals surface area contributed by atoms with Gasteiger partial charge in [0.15, 0.2) is 5.65 Å². The summed E-state index contributed by atoms with van der Waals surface area (Å²) in [6, 6.07) is 19.2. The summed E-state index contributed by atoms with van der Waals surface area (Å²) in [5, 5.41) is 5.25. The fourth-order valence-electron chi connectivity index (χ4n) is 3.79. The number of benzene rings is 2. The van der Waals surface area contributed by atoms with Crippen LogP contribution in [0.5, 0.6) is 0 Å². The third-order valence-electron chi connectivity index (χ3n) is 5.49. The first-order chi connectivity index (χ1) is 15.5. The van der Waals surface area contributed by atoms with Gasteiger partial charge >= 0.3 is 5.97 Å². The van der Waals surface area contributed by atoms with Crippen LogP contribution in [-0.4, -0.2) is 40.9 Å². The predicted octanol–water partition coefficient (Wildman–Crippen LogP) is 4.74. The van der Waals surface area contributed by atoms with Crippen molar-refractivity contribution < 1.29 is 14.3 Å². The van der Waals surface area contributed by atoms with Crippen molar-refractivity contribution in [1.29, 1.82) is 0 Å². The molecular formula is C25H24ClN3O3. The second-order valence-electron chi connectivity index (χ2n) is 7.75. The first-order valence-corrected chi connectivity index (χ1v) is 10.7. The minimum absolute atomic E-state index is 0.184. The number of nitrogens with zero attached hydrogens (tertiary/aromatic N) is 3. The van der Waals surface area contributed by atoms with Crippen LogP contribution in [0.15, 0.2) is 73.1 Å². The van der Waals surface area contributed by atoms with E-state index < -0.39 is 5.41 Å². The van der Waals surface area contributed by atoms with E-state index in [1.807, 2.05) is 67.6 Å². The highest BCUT2D eigenvalue weighted by Gasteiger charge is 2.40. The largest absolute Gasteiger partial charge is 0.463 e. The van der Waals surface area contributed by atoms with Gasteiger partial charge in [0, 0.05) is 23.9 Å². The van der Waals surface area contributed by atoms with Crippen LogP contribution >= 0.6 is 11.6 Å². The monoisotopic (exact) mass is 449 g/mol. The van der Waals surface area contributed by atoms with E-state index in [0.717, 1.165) is 16.7 Å². The van der Waals surface area contributed by atoms with Gasteiger partial charge in [0.05, 0.1) is 18.5 Å². The molecule has 0 radical (unpaired) electrons. The second kappa shape index (κ2) is 9.51. The highest BCUT2D eigenvalue weighted by molar-refractivity contribution is 6.30.